The van der Waals surface area contributed by atoms with E-state index in [0.29, 0.717) is 11.7 Å². The maximum Gasteiger partial charge on any atom is 0.136 e. The summed E-state index contributed by atoms with van der Waals surface area (Å²) in [6, 6.07) is 6.40. The molecule has 0 N–H and O–H groups in total. The van der Waals surface area contributed by atoms with Crippen LogP contribution >= 0.6 is 0 Å². The first kappa shape index (κ1) is 12.3. The molecule has 0 amide bonds. The Morgan fingerprint density at radius 2 is 1.88 bits per heavy atom. The van der Waals surface area contributed by atoms with Gasteiger partial charge in [0.25, 0.3) is 0 Å². The highest BCUT2D eigenvalue weighted by Crippen LogP contribution is 2.30. The van der Waals surface area contributed by atoms with E-state index >= 15 is 0 Å². The molecule has 1 aliphatic rings. The predicted octanol–water partition coefficient (Wildman–Crippen LogP) is 3.85. The van der Waals surface area contributed by atoms with Crippen LogP contribution in [0.5, 0.6) is 0 Å². The van der Waals surface area contributed by atoms with Crippen LogP contribution in [-0.2, 0) is 11.2 Å². The molecule has 0 heterocycles. The van der Waals surface area contributed by atoms with Gasteiger partial charge in [0.1, 0.15) is 5.78 Å². The van der Waals surface area contributed by atoms with Gasteiger partial charge in [-0.3, -0.25) is 4.79 Å². The maximum absolute atomic E-state index is 12.0. The van der Waals surface area contributed by atoms with E-state index in [0.717, 1.165) is 25.7 Å². The third kappa shape index (κ3) is 2.77. The molecule has 1 aromatic rings. The van der Waals surface area contributed by atoms with Crippen molar-refractivity contribution in [2.75, 3.05) is 0 Å². The average molecular weight is 230 g/mol. The third-order valence-corrected chi connectivity index (χ3v) is 4.12. The highest BCUT2D eigenvalue weighted by Gasteiger charge is 2.27. The minimum atomic E-state index is 0.263. The van der Waals surface area contributed by atoms with Gasteiger partial charge >= 0.3 is 0 Å². The summed E-state index contributed by atoms with van der Waals surface area (Å²) in [6.07, 6.45) is 3.90. The summed E-state index contributed by atoms with van der Waals surface area (Å²) in [6.45, 7) is 6.57. The first-order valence-corrected chi connectivity index (χ1v) is 6.65. The standard InChI is InChI=1S/C16H22O/c1-11-7-8-16(17)14(9-11)10-15-12(2)5-4-6-13(15)3/h4-6,11,14H,7-10H2,1-3H3. The number of ketones is 1. The number of benzene rings is 1. The van der Waals surface area contributed by atoms with Crippen molar-refractivity contribution >= 4 is 5.78 Å². The van der Waals surface area contributed by atoms with E-state index in [-0.39, 0.29) is 5.92 Å². The Bertz CT molecular complexity index is 399. The maximum atomic E-state index is 12.0. The Labute approximate surface area is 104 Å². The molecule has 1 heteroatoms. The second kappa shape index (κ2) is 5.03. The van der Waals surface area contributed by atoms with Gasteiger partial charge in [-0.2, -0.15) is 0 Å². The van der Waals surface area contributed by atoms with E-state index in [1.54, 1.807) is 0 Å². The van der Waals surface area contributed by atoms with Crippen LogP contribution in [0.3, 0.4) is 0 Å². The van der Waals surface area contributed by atoms with Gasteiger partial charge in [-0.1, -0.05) is 25.1 Å². The van der Waals surface area contributed by atoms with E-state index in [4.69, 9.17) is 0 Å². The quantitative estimate of drug-likeness (QED) is 0.754. The van der Waals surface area contributed by atoms with E-state index in [1.807, 2.05) is 0 Å². The fourth-order valence-corrected chi connectivity index (χ4v) is 2.94. The molecular formula is C16H22O. The van der Waals surface area contributed by atoms with Crippen LogP contribution in [0.4, 0.5) is 0 Å². The fraction of sp³-hybridized carbons (Fsp3) is 0.562. The molecule has 0 aromatic heterocycles. The van der Waals surface area contributed by atoms with E-state index < -0.39 is 0 Å². The van der Waals surface area contributed by atoms with Gasteiger partial charge in [-0.25, -0.2) is 0 Å². The number of carbonyl (C=O) groups is 1. The topological polar surface area (TPSA) is 17.1 Å². The molecule has 0 radical (unpaired) electrons. The summed E-state index contributed by atoms with van der Waals surface area (Å²) < 4.78 is 0. The number of carbonyl (C=O) groups excluding carboxylic acids is 1. The van der Waals surface area contributed by atoms with E-state index in [2.05, 4.69) is 39.0 Å². The lowest BCUT2D eigenvalue weighted by Gasteiger charge is -2.26. The molecule has 92 valence electrons. The van der Waals surface area contributed by atoms with Crippen molar-refractivity contribution < 1.29 is 4.79 Å². The van der Waals surface area contributed by atoms with E-state index in [9.17, 15) is 4.79 Å². The Hall–Kier alpha value is -1.11. The summed E-state index contributed by atoms with van der Waals surface area (Å²) in [4.78, 5) is 12.0. The minimum Gasteiger partial charge on any atom is -0.299 e. The number of hydrogen-bond donors (Lipinski definition) is 0. The Morgan fingerprint density at radius 3 is 2.53 bits per heavy atom. The van der Waals surface area contributed by atoms with Crippen molar-refractivity contribution in [1.82, 2.24) is 0 Å². The van der Waals surface area contributed by atoms with Crippen LogP contribution in [0.2, 0.25) is 0 Å². The number of rotatable bonds is 2. The molecule has 17 heavy (non-hydrogen) atoms. The van der Waals surface area contributed by atoms with Gasteiger partial charge in [-0.05, 0) is 55.7 Å². The largest absolute Gasteiger partial charge is 0.299 e. The second-order valence-corrected chi connectivity index (χ2v) is 5.62. The molecule has 0 saturated heterocycles. The van der Waals surface area contributed by atoms with Crippen LogP contribution in [-0.4, -0.2) is 5.78 Å². The first-order valence-electron chi connectivity index (χ1n) is 6.65. The molecule has 0 bridgehead atoms. The molecule has 1 aliphatic carbocycles. The van der Waals surface area contributed by atoms with Gasteiger partial charge in [0, 0.05) is 12.3 Å². The molecule has 2 atom stereocenters. The van der Waals surface area contributed by atoms with Crippen molar-refractivity contribution in [3.05, 3.63) is 34.9 Å². The zero-order chi connectivity index (χ0) is 12.4. The summed E-state index contributed by atoms with van der Waals surface area (Å²) in [5.41, 5.74) is 4.05. The number of aryl methyl sites for hydroxylation is 2. The molecule has 1 fully saturated rings. The normalized spacial score (nSPS) is 25.0. The van der Waals surface area contributed by atoms with Crippen LogP contribution < -0.4 is 0 Å². The molecule has 2 unspecified atom stereocenters. The number of Topliss-reactive ketones (excluding diaryl/α,β-unsaturated/α-hetero) is 1. The summed E-state index contributed by atoms with van der Waals surface area (Å²) in [5.74, 6) is 1.45. The molecular weight excluding hydrogens is 208 g/mol. The lowest BCUT2D eigenvalue weighted by atomic mass is 9.77. The Balaban J connectivity index is 2.17. The smallest absolute Gasteiger partial charge is 0.136 e. The van der Waals surface area contributed by atoms with Gasteiger partial charge in [-0.15, -0.1) is 0 Å². The lowest BCUT2D eigenvalue weighted by molar-refractivity contribution is -0.125. The van der Waals surface area contributed by atoms with E-state index in [1.165, 1.54) is 16.7 Å². The first-order chi connectivity index (χ1) is 8.08. The monoisotopic (exact) mass is 230 g/mol. The highest BCUT2D eigenvalue weighted by atomic mass is 16.1. The summed E-state index contributed by atoms with van der Waals surface area (Å²) in [5, 5.41) is 0. The van der Waals surface area contributed by atoms with Crippen LogP contribution in [0.1, 0.15) is 42.9 Å². The van der Waals surface area contributed by atoms with Crippen molar-refractivity contribution in [3.8, 4) is 0 Å². The van der Waals surface area contributed by atoms with Crippen molar-refractivity contribution in [1.29, 1.82) is 0 Å². The van der Waals surface area contributed by atoms with Gasteiger partial charge in [0.05, 0.1) is 0 Å². The SMILES string of the molecule is Cc1cccc(C)c1CC1CC(C)CCC1=O. The van der Waals surface area contributed by atoms with Gasteiger partial charge < -0.3 is 0 Å². The molecule has 0 aliphatic heterocycles. The Morgan fingerprint density at radius 1 is 1.24 bits per heavy atom. The van der Waals surface area contributed by atoms with Crippen molar-refractivity contribution in [2.24, 2.45) is 11.8 Å². The number of hydrogen-bond acceptors (Lipinski definition) is 1. The zero-order valence-corrected chi connectivity index (χ0v) is 11.1. The summed E-state index contributed by atoms with van der Waals surface area (Å²) >= 11 is 0. The van der Waals surface area contributed by atoms with Gasteiger partial charge in [0.2, 0.25) is 0 Å². The molecule has 1 nitrogen and oxygen atoms in total. The van der Waals surface area contributed by atoms with Crippen molar-refractivity contribution in [3.63, 3.8) is 0 Å². The third-order valence-electron chi connectivity index (χ3n) is 4.12. The lowest BCUT2D eigenvalue weighted by Crippen LogP contribution is -2.25. The molecule has 0 spiro atoms. The van der Waals surface area contributed by atoms with Crippen LogP contribution in [0.15, 0.2) is 18.2 Å². The molecule has 2 rings (SSSR count). The van der Waals surface area contributed by atoms with Gasteiger partial charge in [0.15, 0.2) is 0 Å². The second-order valence-electron chi connectivity index (χ2n) is 5.62. The Kier molecular flexibility index (Phi) is 3.66. The minimum absolute atomic E-state index is 0.263. The highest BCUT2D eigenvalue weighted by molar-refractivity contribution is 5.82. The zero-order valence-electron chi connectivity index (χ0n) is 11.1. The van der Waals surface area contributed by atoms with Crippen molar-refractivity contribution in [2.45, 2.75) is 46.5 Å². The predicted molar refractivity (Wildman–Crippen MR) is 71.1 cm³/mol. The van der Waals surface area contributed by atoms with Crippen LogP contribution in [0.25, 0.3) is 0 Å². The average Bonchev–Trinajstić information content (AvgIpc) is 2.28. The molecule has 1 aromatic carbocycles. The molecule has 1 saturated carbocycles. The van der Waals surface area contributed by atoms with Crippen LogP contribution in [0, 0.1) is 25.7 Å². The fourth-order valence-electron chi connectivity index (χ4n) is 2.94. The summed E-state index contributed by atoms with van der Waals surface area (Å²) in [7, 11) is 0.